The van der Waals surface area contributed by atoms with Crippen LogP contribution in [0.25, 0.3) is 11.0 Å². The molecule has 4 aliphatic rings. The minimum absolute atomic E-state index is 0.0428. The third-order valence-corrected chi connectivity index (χ3v) is 10.6. The van der Waals surface area contributed by atoms with Crippen LogP contribution >= 0.6 is 0 Å². The lowest BCUT2D eigenvalue weighted by atomic mass is 10.0. The molecule has 4 aliphatic heterocycles. The van der Waals surface area contributed by atoms with Crippen molar-refractivity contribution in [2.45, 2.75) is 63.6 Å². The summed E-state index contributed by atoms with van der Waals surface area (Å²) in [5, 5.41) is 3.09. The van der Waals surface area contributed by atoms with Gasteiger partial charge in [0.25, 0.3) is 5.91 Å². The molecule has 256 valence electrons. The Labute approximate surface area is 281 Å². The van der Waals surface area contributed by atoms with E-state index in [0.717, 1.165) is 86.3 Å². The maximum Gasteiger partial charge on any atom is 0.323 e. The highest BCUT2D eigenvalue weighted by molar-refractivity contribution is 5.91. The fourth-order valence-electron chi connectivity index (χ4n) is 7.87. The van der Waals surface area contributed by atoms with E-state index in [1.807, 2.05) is 47.1 Å². The number of nitrogens with one attached hydrogen (secondary N) is 3. The van der Waals surface area contributed by atoms with E-state index in [4.69, 9.17) is 9.47 Å². The van der Waals surface area contributed by atoms with Gasteiger partial charge < -0.3 is 39.5 Å². The average Bonchev–Trinajstić information content (AvgIpc) is 3.40. The van der Waals surface area contributed by atoms with Crippen molar-refractivity contribution in [3.63, 3.8) is 0 Å². The lowest BCUT2D eigenvalue weighted by Crippen LogP contribution is -2.55. The van der Waals surface area contributed by atoms with Gasteiger partial charge in [-0.1, -0.05) is 24.3 Å². The molecular formula is C36H47N7O5. The second-order valence-corrected chi connectivity index (χ2v) is 13.6. The van der Waals surface area contributed by atoms with E-state index in [0.29, 0.717) is 56.6 Å². The second-order valence-electron chi connectivity index (χ2n) is 13.6. The molecule has 0 unspecified atom stereocenters. The van der Waals surface area contributed by atoms with E-state index in [-0.39, 0.29) is 23.7 Å². The number of H-pyrrole nitrogens is 2. The molecule has 3 saturated heterocycles. The largest absolute Gasteiger partial charge is 0.466 e. The number of amides is 3. The van der Waals surface area contributed by atoms with Crippen molar-refractivity contribution >= 4 is 28.7 Å². The van der Waals surface area contributed by atoms with Gasteiger partial charge >= 0.3 is 11.7 Å². The van der Waals surface area contributed by atoms with E-state index in [2.05, 4.69) is 37.7 Å². The normalized spacial score (nSPS) is 20.7. The summed E-state index contributed by atoms with van der Waals surface area (Å²) in [5.74, 6) is 0.437. The Kier molecular flexibility index (Phi) is 9.45. The molecule has 12 heteroatoms. The number of aromatic amines is 2. The number of imidazole rings is 1. The van der Waals surface area contributed by atoms with E-state index in [1.165, 1.54) is 0 Å². The van der Waals surface area contributed by atoms with Crippen LogP contribution in [0.1, 0.15) is 42.4 Å². The summed E-state index contributed by atoms with van der Waals surface area (Å²) in [4.78, 5) is 53.5. The number of ether oxygens (including phenoxy) is 2. The molecule has 3 N–H and O–H groups in total. The third kappa shape index (κ3) is 6.95. The number of rotatable bonds is 8. The first-order chi connectivity index (χ1) is 23.3. The van der Waals surface area contributed by atoms with E-state index in [1.54, 1.807) is 0 Å². The number of nitrogens with zero attached hydrogens (tertiary/aromatic N) is 4. The topological polar surface area (TPSA) is 126 Å². The van der Waals surface area contributed by atoms with E-state index >= 15 is 0 Å². The van der Waals surface area contributed by atoms with Gasteiger partial charge in [-0.05, 0) is 74.4 Å². The number of anilines is 1. The lowest BCUT2D eigenvalue weighted by Gasteiger charge is -2.42. The number of para-hydroxylation sites is 1. The molecule has 0 bridgehead atoms. The van der Waals surface area contributed by atoms with Crippen molar-refractivity contribution in [2.24, 2.45) is 0 Å². The van der Waals surface area contributed by atoms with Gasteiger partial charge in [0.15, 0.2) is 12.0 Å². The van der Waals surface area contributed by atoms with Crippen molar-refractivity contribution in [1.82, 2.24) is 29.6 Å². The Hall–Kier alpha value is -4.29. The fourth-order valence-corrected chi connectivity index (χ4v) is 7.87. The van der Waals surface area contributed by atoms with E-state index in [9.17, 15) is 14.4 Å². The van der Waals surface area contributed by atoms with Crippen LogP contribution in [0.4, 0.5) is 10.5 Å². The minimum Gasteiger partial charge on any atom is -0.466 e. The summed E-state index contributed by atoms with van der Waals surface area (Å²) in [6.45, 7) is 12.9. The molecule has 1 atom stereocenters. The molecule has 5 heterocycles. The van der Waals surface area contributed by atoms with Gasteiger partial charge in [0.2, 0.25) is 0 Å². The van der Waals surface area contributed by atoms with Gasteiger partial charge in [-0.2, -0.15) is 0 Å². The molecule has 0 spiro atoms. The molecular weight excluding hydrogens is 610 g/mol. The number of hydrogen-bond donors (Lipinski definition) is 3. The average molecular weight is 658 g/mol. The SMILES string of the molecule is C=C(O[C@H](Cc1cc(C)c2[nH]c(=O)[nH]c2c1)C(=O)N1CCN(C2CCOCC2)CC1)N1CCC(N2CCc3ccccc3NC2=O)CC1. The number of piperidine rings is 1. The van der Waals surface area contributed by atoms with Crippen molar-refractivity contribution in [3.8, 4) is 0 Å². The monoisotopic (exact) mass is 657 g/mol. The number of benzene rings is 2. The predicted octanol–water partition coefficient (Wildman–Crippen LogP) is 3.44. The second kappa shape index (κ2) is 14.1. The summed E-state index contributed by atoms with van der Waals surface area (Å²) in [6, 6.07) is 12.5. The number of aryl methyl sites for hydroxylation is 1. The highest BCUT2D eigenvalue weighted by atomic mass is 16.5. The molecule has 3 amide bonds. The Morgan fingerprint density at radius 1 is 0.938 bits per heavy atom. The summed E-state index contributed by atoms with van der Waals surface area (Å²) in [5.41, 5.74) is 5.12. The molecule has 12 nitrogen and oxygen atoms in total. The first-order valence-corrected chi connectivity index (χ1v) is 17.4. The lowest BCUT2D eigenvalue weighted by molar-refractivity contribution is -0.145. The van der Waals surface area contributed by atoms with Crippen LogP contribution in [0.3, 0.4) is 0 Å². The number of fused-ring (bicyclic) bond motifs is 2. The smallest absolute Gasteiger partial charge is 0.323 e. The van der Waals surface area contributed by atoms with Crippen LogP contribution in [0.5, 0.6) is 0 Å². The van der Waals surface area contributed by atoms with E-state index < -0.39 is 6.10 Å². The van der Waals surface area contributed by atoms with Crippen molar-refractivity contribution in [1.29, 1.82) is 0 Å². The van der Waals surface area contributed by atoms with Crippen LogP contribution in [-0.2, 0) is 27.1 Å². The molecule has 3 aromatic rings. The molecule has 48 heavy (non-hydrogen) atoms. The van der Waals surface area contributed by atoms with Crippen LogP contribution in [0, 0.1) is 6.92 Å². The number of hydrogen-bond acceptors (Lipinski definition) is 7. The van der Waals surface area contributed by atoms with Gasteiger partial charge in [-0.25, -0.2) is 9.59 Å². The molecule has 0 radical (unpaired) electrons. The molecule has 2 aromatic carbocycles. The summed E-state index contributed by atoms with van der Waals surface area (Å²) in [7, 11) is 0. The Balaban J connectivity index is 1.01. The summed E-state index contributed by atoms with van der Waals surface area (Å²) >= 11 is 0. The van der Waals surface area contributed by atoms with Crippen LogP contribution in [0.2, 0.25) is 0 Å². The Morgan fingerprint density at radius 3 is 2.46 bits per heavy atom. The number of aromatic nitrogens is 2. The maximum atomic E-state index is 14.2. The molecule has 0 saturated carbocycles. The number of carbonyl (C=O) groups is 2. The van der Waals surface area contributed by atoms with Crippen LogP contribution in [0.15, 0.2) is 53.7 Å². The quantitative estimate of drug-likeness (QED) is 0.317. The highest BCUT2D eigenvalue weighted by Gasteiger charge is 2.35. The third-order valence-electron chi connectivity index (χ3n) is 10.6. The Morgan fingerprint density at radius 2 is 1.69 bits per heavy atom. The Bertz CT molecular complexity index is 1700. The fraction of sp³-hybridized carbons (Fsp3) is 0.528. The van der Waals surface area contributed by atoms with Crippen molar-refractivity contribution < 1.29 is 19.1 Å². The first-order valence-electron chi connectivity index (χ1n) is 17.4. The molecule has 1 aromatic heterocycles. The molecule has 0 aliphatic carbocycles. The zero-order chi connectivity index (χ0) is 33.2. The van der Waals surface area contributed by atoms with Gasteiger partial charge in [-0.15, -0.1) is 0 Å². The first kappa shape index (κ1) is 32.3. The zero-order valence-electron chi connectivity index (χ0n) is 27.8. The minimum atomic E-state index is -0.762. The predicted molar refractivity (Wildman–Crippen MR) is 184 cm³/mol. The van der Waals surface area contributed by atoms with Crippen molar-refractivity contribution in [2.75, 3.05) is 64.3 Å². The number of likely N-dealkylation sites (tertiary alicyclic amines) is 1. The summed E-state index contributed by atoms with van der Waals surface area (Å²) < 4.78 is 12.1. The van der Waals surface area contributed by atoms with Crippen LogP contribution < -0.4 is 11.0 Å². The number of carbonyl (C=O) groups excluding carboxylic acids is 2. The van der Waals surface area contributed by atoms with Gasteiger partial charge in [0, 0.05) is 83.2 Å². The molecule has 3 fully saturated rings. The van der Waals surface area contributed by atoms with Gasteiger partial charge in [0.1, 0.15) is 0 Å². The summed E-state index contributed by atoms with van der Waals surface area (Å²) in [6.07, 6.45) is 4.06. The van der Waals surface area contributed by atoms with Crippen molar-refractivity contribution in [3.05, 3.63) is 76.0 Å². The number of urea groups is 1. The molecule has 7 rings (SSSR count). The zero-order valence-corrected chi connectivity index (χ0v) is 27.8. The maximum absolute atomic E-state index is 14.2. The highest BCUT2D eigenvalue weighted by Crippen LogP contribution is 2.27. The van der Waals surface area contributed by atoms with Gasteiger partial charge in [-0.3, -0.25) is 9.69 Å². The van der Waals surface area contributed by atoms with Gasteiger partial charge in [0.05, 0.1) is 11.0 Å². The number of piperazine rings is 1. The standard InChI is InChI=1S/C36H47N7O5/c1-24-21-26(22-31-33(24)39-35(45)37-31)23-32(34(44)42-17-15-41(16-18-42)28-10-19-47-20-11-28)48-25(2)40-12-8-29(9-13-40)43-14-7-27-5-3-4-6-30(27)38-36(43)46/h3-6,21-22,28-29,32H,2,7-20,23H2,1H3,(H,38,46)(H2,37,39,45)/t32-/m1/s1. The van der Waals surface area contributed by atoms with Crippen LogP contribution in [-0.4, -0.2) is 119 Å².